The maximum Gasteiger partial charge on any atom is 0.328 e. The largest absolute Gasteiger partial charge is 0.468 e. The second-order valence-electron chi connectivity index (χ2n) is 5.74. The molecule has 2 atom stereocenters. The molecule has 158 valence electrons. The summed E-state index contributed by atoms with van der Waals surface area (Å²) in [7, 11) is 3.67. The van der Waals surface area contributed by atoms with Crippen LogP contribution in [0.25, 0.3) is 0 Å². The Balaban J connectivity index is 4.63. The zero-order valence-electron chi connectivity index (χ0n) is 16.3. The average molecular weight is 401 g/mol. The van der Waals surface area contributed by atoms with Crippen LogP contribution in [0.3, 0.4) is 0 Å². The van der Waals surface area contributed by atoms with Crippen LogP contribution in [0.4, 0.5) is 0 Å². The van der Waals surface area contributed by atoms with Gasteiger partial charge in [-0.15, -0.1) is 0 Å². The van der Waals surface area contributed by atoms with Gasteiger partial charge in [-0.2, -0.15) is 0 Å². The average Bonchev–Trinajstić information content (AvgIpc) is 2.67. The molecule has 0 aliphatic carbocycles. The Morgan fingerprint density at radius 2 is 1.75 bits per heavy atom. The zero-order valence-corrected chi connectivity index (χ0v) is 16.3. The van der Waals surface area contributed by atoms with E-state index in [0.29, 0.717) is 0 Å². The van der Waals surface area contributed by atoms with Gasteiger partial charge in [-0.25, -0.2) is 4.79 Å². The van der Waals surface area contributed by atoms with Gasteiger partial charge in [0.25, 0.3) is 0 Å². The fourth-order valence-electron chi connectivity index (χ4n) is 2.00. The molecule has 0 saturated heterocycles. The number of likely N-dealkylation sites (N-methyl/N-ethyl adjacent to an activating group) is 1. The molecular weight excluding hydrogens is 374 g/mol. The summed E-state index contributed by atoms with van der Waals surface area (Å²) in [6.07, 6.45) is 0.903. The lowest BCUT2D eigenvalue weighted by Crippen LogP contribution is -2.47. The highest BCUT2D eigenvalue weighted by Crippen LogP contribution is 2.02. The SMILES string of the molecule is C=CCOC(=O)C[C@@H](NC(=O)CN(C)C(=O)CC[C@@H](N)C(=O)OC)C(=O)OC. The molecule has 0 aromatic heterocycles. The van der Waals surface area contributed by atoms with Crippen molar-refractivity contribution in [1.82, 2.24) is 10.2 Å². The summed E-state index contributed by atoms with van der Waals surface area (Å²) in [5, 5.41) is 2.32. The summed E-state index contributed by atoms with van der Waals surface area (Å²) in [6, 6.07) is -2.20. The Morgan fingerprint density at radius 3 is 2.29 bits per heavy atom. The van der Waals surface area contributed by atoms with Crippen LogP contribution >= 0.6 is 0 Å². The lowest BCUT2D eigenvalue weighted by atomic mass is 10.1. The van der Waals surface area contributed by atoms with Crippen molar-refractivity contribution < 1.29 is 38.2 Å². The molecule has 3 N–H and O–H groups in total. The van der Waals surface area contributed by atoms with E-state index in [-0.39, 0.29) is 26.0 Å². The first-order valence-electron chi connectivity index (χ1n) is 8.37. The summed E-state index contributed by atoms with van der Waals surface area (Å²) in [5.74, 6) is -3.31. The summed E-state index contributed by atoms with van der Waals surface area (Å²) < 4.78 is 13.8. The lowest BCUT2D eigenvalue weighted by Gasteiger charge is -2.20. The highest BCUT2D eigenvalue weighted by molar-refractivity contribution is 5.90. The molecule has 0 unspecified atom stereocenters. The molecular formula is C17H27N3O8. The number of nitrogens with zero attached hydrogens (tertiary/aromatic N) is 1. The predicted octanol–water partition coefficient (Wildman–Crippen LogP) is -1.50. The number of ether oxygens (including phenoxy) is 3. The molecule has 0 fully saturated rings. The summed E-state index contributed by atoms with van der Waals surface area (Å²) >= 11 is 0. The van der Waals surface area contributed by atoms with Crippen LogP contribution < -0.4 is 11.1 Å². The van der Waals surface area contributed by atoms with Crippen LogP contribution in [-0.4, -0.2) is 81.1 Å². The van der Waals surface area contributed by atoms with Gasteiger partial charge < -0.3 is 30.2 Å². The Kier molecular flexibility index (Phi) is 11.9. The summed E-state index contributed by atoms with van der Waals surface area (Å²) in [5.41, 5.74) is 5.55. The van der Waals surface area contributed by atoms with E-state index in [1.54, 1.807) is 0 Å². The smallest absolute Gasteiger partial charge is 0.328 e. The number of nitrogens with two attached hydrogens (primary N) is 1. The van der Waals surface area contributed by atoms with Crippen LogP contribution in [0.15, 0.2) is 12.7 Å². The van der Waals surface area contributed by atoms with Gasteiger partial charge in [0.15, 0.2) is 0 Å². The molecule has 28 heavy (non-hydrogen) atoms. The third-order valence-corrected chi connectivity index (χ3v) is 3.53. The molecule has 0 rings (SSSR count). The first-order valence-corrected chi connectivity index (χ1v) is 8.37. The van der Waals surface area contributed by atoms with E-state index in [9.17, 15) is 24.0 Å². The number of hydrogen-bond acceptors (Lipinski definition) is 9. The van der Waals surface area contributed by atoms with Crippen molar-refractivity contribution in [2.75, 3.05) is 34.4 Å². The minimum atomic E-state index is -1.26. The van der Waals surface area contributed by atoms with Gasteiger partial charge in [0.1, 0.15) is 18.7 Å². The van der Waals surface area contributed by atoms with Crippen LogP contribution in [0.1, 0.15) is 19.3 Å². The van der Waals surface area contributed by atoms with E-state index in [1.807, 2.05) is 0 Å². The van der Waals surface area contributed by atoms with Gasteiger partial charge in [-0.3, -0.25) is 19.2 Å². The third-order valence-electron chi connectivity index (χ3n) is 3.53. The Bertz CT molecular complexity index is 593. The number of rotatable bonds is 12. The topological polar surface area (TPSA) is 154 Å². The third kappa shape index (κ3) is 9.67. The Morgan fingerprint density at radius 1 is 1.14 bits per heavy atom. The number of carbonyl (C=O) groups is 5. The second kappa shape index (κ2) is 13.3. The standard InChI is InChI=1S/C17H27N3O8/c1-5-8-28-15(23)9-12(17(25)27-4)19-13(21)10-20(2)14(22)7-6-11(18)16(24)26-3/h5,11-12H,1,6-10,18H2,2-4H3,(H,19,21)/t11-,12-/m1/s1. The number of nitrogens with one attached hydrogen (secondary N) is 1. The van der Waals surface area contributed by atoms with Crippen molar-refractivity contribution in [2.24, 2.45) is 5.73 Å². The van der Waals surface area contributed by atoms with Gasteiger partial charge in [-0.1, -0.05) is 12.7 Å². The minimum absolute atomic E-state index is 0.0361. The van der Waals surface area contributed by atoms with Crippen molar-refractivity contribution in [3.8, 4) is 0 Å². The monoisotopic (exact) mass is 401 g/mol. The first-order chi connectivity index (χ1) is 13.2. The summed E-state index contributed by atoms with van der Waals surface area (Å²) in [4.78, 5) is 59.8. The van der Waals surface area contributed by atoms with Crippen LogP contribution in [0.5, 0.6) is 0 Å². The van der Waals surface area contributed by atoms with Crippen LogP contribution in [-0.2, 0) is 38.2 Å². The Hall–Kier alpha value is -2.95. The van der Waals surface area contributed by atoms with Crippen molar-refractivity contribution in [2.45, 2.75) is 31.3 Å². The van der Waals surface area contributed by atoms with Gasteiger partial charge in [-0.05, 0) is 6.42 Å². The molecule has 0 aliphatic heterocycles. The molecule has 0 aromatic rings. The molecule has 0 saturated carbocycles. The van der Waals surface area contributed by atoms with E-state index < -0.39 is 48.2 Å². The predicted molar refractivity (Wildman–Crippen MR) is 96.6 cm³/mol. The lowest BCUT2D eigenvalue weighted by molar-refractivity contribution is -0.151. The van der Waals surface area contributed by atoms with E-state index in [0.717, 1.165) is 12.0 Å². The highest BCUT2D eigenvalue weighted by atomic mass is 16.5. The number of methoxy groups -OCH3 is 2. The first kappa shape index (κ1) is 25.1. The van der Waals surface area contributed by atoms with Crippen molar-refractivity contribution in [1.29, 1.82) is 0 Å². The molecule has 11 nitrogen and oxygen atoms in total. The van der Waals surface area contributed by atoms with Crippen LogP contribution in [0, 0.1) is 0 Å². The fraction of sp³-hybridized carbons (Fsp3) is 0.588. The number of amides is 2. The Labute approximate surface area is 163 Å². The maximum atomic E-state index is 12.1. The quantitative estimate of drug-likeness (QED) is 0.226. The number of hydrogen-bond donors (Lipinski definition) is 2. The van der Waals surface area contributed by atoms with E-state index in [4.69, 9.17) is 10.5 Å². The van der Waals surface area contributed by atoms with E-state index >= 15 is 0 Å². The van der Waals surface area contributed by atoms with Crippen molar-refractivity contribution in [3.63, 3.8) is 0 Å². The number of carbonyl (C=O) groups excluding carboxylic acids is 5. The second-order valence-corrected chi connectivity index (χ2v) is 5.74. The van der Waals surface area contributed by atoms with Gasteiger partial charge in [0, 0.05) is 13.5 Å². The van der Waals surface area contributed by atoms with E-state index in [1.165, 1.54) is 20.2 Å². The van der Waals surface area contributed by atoms with Gasteiger partial charge in [0.05, 0.1) is 27.2 Å². The van der Waals surface area contributed by atoms with Gasteiger partial charge in [0.2, 0.25) is 11.8 Å². The van der Waals surface area contributed by atoms with Gasteiger partial charge >= 0.3 is 17.9 Å². The van der Waals surface area contributed by atoms with Crippen LogP contribution in [0.2, 0.25) is 0 Å². The van der Waals surface area contributed by atoms with E-state index in [2.05, 4.69) is 21.4 Å². The normalized spacial score (nSPS) is 12.1. The van der Waals surface area contributed by atoms with Crippen molar-refractivity contribution in [3.05, 3.63) is 12.7 Å². The molecule has 11 heteroatoms. The zero-order chi connectivity index (χ0) is 21.7. The number of esters is 3. The fourth-order valence-corrected chi connectivity index (χ4v) is 2.00. The molecule has 0 radical (unpaired) electrons. The molecule has 0 spiro atoms. The molecule has 2 amide bonds. The molecule has 0 bridgehead atoms. The minimum Gasteiger partial charge on any atom is -0.468 e. The molecule has 0 heterocycles. The highest BCUT2D eigenvalue weighted by Gasteiger charge is 2.26. The summed E-state index contributed by atoms with van der Waals surface area (Å²) in [6.45, 7) is 2.98. The molecule has 0 aliphatic rings. The molecule has 0 aromatic carbocycles. The maximum absolute atomic E-state index is 12.1. The van der Waals surface area contributed by atoms with Crippen molar-refractivity contribution >= 4 is 29.7 Å².